The predicted octanol–water partition coefficient (Wildman–Crippen LogP) is 5.00. The summed E-state index contributed by atoms with van der Waals surface area (Å²) >= 11 is 0. The van der Waals surface area contributed by atoms with Gasteiger partial charge >= 0.3 is 6.03 Å². The Bertz CT molecular complexity index is 863. The molecule has 5 heteroatoms. The van der Waals surface area contributed by atoms with Gasteiger partial charge in [-0.05, 0) is 48.6 Å². The van der Waals surface area contributed by atoms with E-state index in [-0.39, 0.29) is 18.0 Å². The Balaban J connectivity index is 1.73. The van der Waals surface area contributed by atoms with Crippen molar-refractivity contribution < 1.29 is 14.3 Å². The van der Waals surface area contributed by atoms with Crippen LogP contribution >= 0.6 is 0 Å². The molecule has 1 aliphatic heterocycles. The van der Waals surface area contributed by atoms with E-state index in [9.17, 15) is 4.79 Å². The fraction of sp³-hybridized carbons (Fsp3) is 0.458. The third-order valence-corrected chi connectivity index (χ3v) is 5.33. The lowest BCUT2D eigenvalue weighted by atomic mass is 9.95. The van der Waals surface area contributed by atoms with Gasteiger partial charge in [0.25, 0.3) is 0 Å². The van der Waals surface area contributed by atoms with Crippen LogP contribution < -0.4 is 14.8 Å². The zero-order valence-electron chi connectivity index (χ0n) is 18.1. The highest BCUT2D eigenvalue weighted by Gasteiger charge is 2.22. The number of nitrogens with zero attached hydrogens (tertiary/aromatic N) is 1. The molecular weight excluding hydrogens is 364 g/mol. The Labute approximate surface area is 174 Å². The lowest BCUT2D eigenvalue weighted by Crippen LogP contribution is -2.40. The fourth-order valence-electron chi connectivity index (χ4n) is 3.60. The van der Waals surface area contributed by atoms with Gasteiger partial charge in [-0.2, -0.15) is 0 Å². The van der Waals surface area contributed by atoms with Crippen molar-refractivity contribution in [2.45, 2.75) is 46.7 Å². The zero-order valence-corrected chi connectivity index (χ0v) is 18.1. The highest BCUT2D eigenvalue weighted by molar-refractivity contribution is 5.74. The Kier molecular flexibility index (Phi) is 6.68. The molecule has 3 rings (SSSR count). The highest BCUT2D eigenvalue weighted by atomic mass is 16.5. The van der Waals surface area contributed by atoms with Crippen LogP contribution in [0.1, 0.15) is 48.6 Å². The van der Waals surface area contributed by atoms with E-state index in [1.165, 1.54) is 11.1 Å². The topological polar surface area (TPSA) is 50.8 Å². The molecule has 0 aromatic heterocycles. The van der Waals surface area contributed by atoms with Gasteiger partial charge in [-0.15, -0.1) is 0 Å². The number of benzene rings is 2. The Morgan fingerprint density at radius 1 is 1.07 bits per heavy atom. The SMILES string of the molecule is Cc1ccc(CN(C)C(=O)N[C@H](c2ccc3c(c2)OCCCO3)C(C)C)c(C)c1. The molecule has 1 atom stereocenters. The smallest absolute Gasteiger partial charge is 0.317 e. The second kappa shape index (κ2) is 9.21. The molecule has 1 heterocycles. The molecule has 2 aromatic carbocycles. The molecule has 0 saturated heterocycles. The van der Waals surface area contributed by atoms with E-state index in [0.29, 0.717) is 19.8 Å². The van der Waals surface area contributed by atoms with Crippen molar-refractivity contribution in [3.63, 3.8) is 0 Å². The summed E-state index contributed by atoms with van der Waals surface area (Å²) in [7, 11) is 1.83. The molecule has 156 valence electrons. The number of hydrogen-bond donors (Lipinski definition) is 1. The van der Waals surface area contributed by atoms with E-state index in [4.69, 9.17) is 9.47 Å². The van der Waals surface area contributed by atoms with Crippen LogP contribution in [0.3, 0.4) is 0 Å². The lowest BCUT2D eigenvalue weighted by Gasteiger charge is -2.27. The van der Waals surface area contributed by atoms with Gasteiger partial charge < -0.3 is 19.7 Å². The van der Waals surface area contributed by atoms with Gasteiger partial charge in [0.15, 0.2) is 11.5 Å². The van der Waals surface area contributed by atoms with E-state index >= 15 is 0 Å². The van der Waals surface area contributed by atoms with Gasteiger partial charge in [-0.3, -0.25) is 0 Å². The molecule has 5 nitrogen and oxygen atoms in total. The van der Waals surface area contributed by atoms with E-state index in [2.05, 4.69) is 51.2 Å². The first-order valence-electron chi connectivity index (χ1n) is 10.3. The van der Waals surface area contributed by atoms with Gasteiger partial charge in [-0.25, -0.2) is 4.79 Å². The number of fused-ring (bicyclic) bond motifs is 1. The summed E-state index contributed by atoms with van der Waals surface area (Å²) in [5.74, 6) is 1.76. The average Bonchev–Trinajstić information content (AvgIpc) is 2.92. The summed E-state index contributed by atoms with van der Waals surface area (Å²) < 4.78 is 11.6. The van der Waals surface area contributed by atoms with Crippen molar-refractivity contribution in [2.75, 3.05) is 20.3 Å². The van der Waals surface area contributed by atoms with Gasteiger partial charge in [0.1, 0.15) is 0 Å². The van der Waals surface area contributed by atoms with Crippen molar-refractivity contribution in [1.82, 2.24) is 10.2 Å². The number of nitrogens with one attached hydrogen (secondary N) is 1. The number of rotatable bonds is 5. The minimum atomic E-state index is -0.110. The number of carbonyl (C=O) groups excluding carboxylic acids is 1. The van der Waals surface area contributed by atoms with E-state index in [1.807, 2.05) is 25.2 Å². The fourth-order valence-corrected chi connectivity index (χ4v) is 3.60. The molecule has 2 aromatic rings. The first-order valence-corrected chi connectivity index (χ1v) is 10.3. The normalized spacial score (nSPS) is 14.3. The van der Waals surface area contributed by atoms with Crippen molar-refractivity contribution in [2.24, 2.45) is 5.92 Å². The largest absolute Gasteiger partial charge is 0.490 e. The van der Waals surface area contributed by atoms with Crippen LogP contribution in [-0.2, 0) is 6.54 Å². The molecular formula is C24H32N2O3. The zero-order chi connectivity index (χ0) is 21.0. The number of amides is 2. The molecule has 1 aliphatic rings. The van der Waals surface area contributed by atoms with Crippen LogP contribution in [-0.4, -0.2) is 31.2 Å². The van der Waals surface area contributed by atoms with Crippen LogP contribution in [0, 0.1) is 19.8 Å². The summed E-state index contributed by atoms with van der Waals surface area (Å²) in [5.41, 5.74) is 4.61. The van der Waals surface area contributed by atoms with Crippen molar-refractivity contribution >= 4 is 6.03 Å². The molecule has 0 fully saturated rings. The number of aryl methyl sites for hydroxylation is 2. The van der Waals surface area contributed by atoms with Gasteiger partial charge in [0.2, 0.25) is 0 Å². The van der Waals surface area contributed by atoms with Crippen LogP contribution in [0.2, 0.25) is 0 Å². The van der Waals surface area contributed by atoms with Crippen LogP contribution in [0.4, 0.5) is 4.79 Å². The molecule has 0 saturated carbocycles. The number of hydrogen-bond acceptors (Lipinski definition) is 3. The first kappa shape index (κ1) is 21.0. The maximum atomic E-state index is 12.9. The Morgan fingerprint density at radius 2 is 1.79 bits per heavy atom. The van der Waals surface area contributed by atoms with E-state index in [0.717, 1.165) is 29.0 Å². The number of urea groups is 1. The van der Waals surface area contributed by atoms with Crippen LogP contribution in [0.25, 0.3) is 0 Å². The van der Waals surface area contributed by atoms with E-state index < -0.39 is 0 Å². The minimum Gasteiger partial charge on any atom is -0.490 e. The third-order valence-electron chi connectivity index (χ3n) is 5.33. The molecule has 0 spiro atoms. The monoisotopic (exact) mass is 396 g/mol. The molecule has 2 amide bonds. The summed E-state index contributed by atoms with van der Waals surface area (Å²) in [5, 5.41) is 3.20. The molecule has 0 bridgehead atoms. The van der Waals surface area contributed by atoms with Crippen molar-refractivity contribution in [1.29, 1.82) is 0 Å². The number of carbonyl (C=O) groups is 1. The van der Waals surface area contributed by atoms with Crippen LogP contribution in [0.15, 0.2) is 36.4 Å². The van der Waals surface area contributed by atoms with Gasteiger partial charge in [-0.1, -0.05) is 43.7 Å². The summed E-state index contributed by atoms with van der Waals surface area (Å²) in [4.78, 5) is 14.6. The molecule has 29 heavy (non-hydrogen) atoms. The maximum Gasteiger partial charge on any atom is 0.317 e. The second-order valence-electron chi connectivity index (χ2n) is 8.21. The Hall–Kier alpha value is -2.69. The molecule has 1 N–H and O–H groups in total. The third kappa shape index (κ3) is 5.22. The van der Waals surface area contributed by atoms with Gasteiger partial charge in [0.05, 0.1) is 19.3 Å². The highest BCUT2D eigenvalue weighted by Crippen LogP contribution is 2.34. The summed E-state index contributed by atoms with van der Waals surface area (Å²) in [6.07, 6.45) is 0.873. The molecule has 0 unspecified atom stereocenters. The lowest BCUT2D eigenvalue weighted by molar-refractivity contribution is 0.198. The average molecular weight is 397 g/mol. The quantitative estimate of drug-likeness (QED) is 0.773. The molecule has 0 radical (unpaired) electrons. The number of ether oxygens (including phenoxy) is 2. The Morgan fingerprint density at radius 3 is 2.48 bits per heavy atom. The minimum absolute atomic E-state index is 0.0872. The predicted molar refractivity (Wildman–Crippen MR) is 116 cm³/mol. The summed E-state index contributed by atoms with van der Waals surface area (Å²) in [6, 6.07) is 12.1. The van der Waals surface area contributed by atoms with Crippen molar-refractivity contribution in [3.05, 3.63) is 58.7 Å². The van der Waals surface area contributed by atoms with Gasteiger partial charge in [0, 0.05) is 20.0 Å². The van der Waals surface area contributed by atoms with Crippen LogP contribution in [0.5, 0.6) is 11.5 Å². The summed E-state index contributed by atoms with van der Waals surface area (Å²) in [6.45, 7) is 10.3. The standard InChI is InChI=1S/C24H32N2O3/c1-16(2)23(19-9-10-21-22(14-19)29-12-6-11-28-21)25-24(27)26(5)15-20-8-7-17(3)13-18(20)4/h7-10,13-14,16,23H,6,11-12,15H2,1-5H3,(H,25,27)/t23-/m0/s1. The maximum absolute atomic E-state index is 12.9. The second-order valence-corrected chi connectivity index (χ2v) is 8.21. The molecule has 0 aliphatic carbocycles. The first-order chi connectivity index (χ1) is 13.8. The van der Waals surface area contributed by atoms with Crippen molar-refractivity contribution in [3.8, 4) is 11.5 Å². The van der Waals surface area contributed by atoms with E-state index in [1.54, 1.807) is 4.90 Å².